The van der Waals surface area contributed by atoms with Gasteiger partial charge < -0.3 is 14.6 Å². The summed E-state index contributed by atoms with van der Waals surface area (Å²) in [5.41, 5.74) is -0.797. The number of methoxy groups -OCH3 is 1. The molecular formula is C14H18O5. The molecule has 1 aromatic carbocycles. The number of Topliss-reactive ketones (excluding diaryl/α,β-unsaturated/α-hetero) is 1. The van der Waals surface area contributed by atoms with E-state index in [0.717, 1.165) is 0 Å². The first-order chi connectivity index (χ1) is 8.89. The third-order valence-electron chi connectivity index (χ3n) is 2.84. The van der Waals surface area contributed by atoms with Gasteiger partial charge in [0.2, 0.25) is 5.60 Å². The molecule has 0 spiro atoms. The van der Waals surface area contributed by atoms with Crippen LogP contribution in [0.15, 0.2) is 24.3 Å². The zero-order chi connectivity index (χ0) is 14.5. The van der Waals surface area contributed by atoms with Gasteiger partial charge in [-0.15, -0.1) is 0 Å². The Labute approximate surface area is 112 Å². The summed E-state index contributed by atoms with van der Waals surface area (Å²) in [7, 11) is 1.50. The maximum absolute atomic E-state index is 11.3. The minimum absolute atomic E-state index is 0.0491. The first-order valence-electron chi connectivity index (χ1n) is 5.91. The highest BCUT2D eigenvalue weighted by Crippen LogP contribution is 2.22. The molecule has 5 nitrogen and oxygen atoms in total. The molecule has 0 aliphatic heterocycles. The van der Waals surface area contributed by atoms with Crippen LogP contribution in [0.3, 0.4) is 0 Å². The van der Waals surface area contributed by atoms with Crippen molar-refractivity contribution in [2.45, 2.75) is 25.9 Å². The van der Waals surface area contributed by atoms with E-state index < -0.39 is 11.6 Å². The molecule has 1 aromatic rings. The SMILES string of the molecule is COCCC(C)(Oc1ccc(C(C)=O)cc1)C(=O)O. The first kappa shape index (κ1) is 15.2. The van der Waals surface area contributed by atoms with E-state index in [1.165, 1.54) is 21.0 Å². The number of benzene rings is 1. The number of hydrogen-bond donors (Lipinski definition) is 1. The molecule has 0 fully saturated rings. The van der Waals surface area contributed by atoms with E-state index in [1.807, 2.05) is 0 Å². The smallest absolute Gasteiger partial charge is 0.347 e. The molecule has 0 aliphatic carbocycles. The van der Waals surface area contributed by atoms with Crippen molar-refractivity contribution in [3.05, 3.63) is 29.8 Å². The van der Waals surface area contributed by atoms with Gasteiger partial charge in [0.25, 0.3) is 0 Å². The fraction of sp³-hybridized carbons (Fsp3) is 0.429. The lowest BCUT2D eigenvalue weighted by molar-refractivity contribution is -0.155. The summed E-state index contributed by atoms with van der Waals surface area (Å²) in [4.78, 5) is 22.4. The van der Waals surface area contributed by atoms with Gasteiger partial charge in [0.1, 0.15) is 5.75 Å². The van der Waals surface area contributed by atoms with E-state index in [4.69, 9.17) is 9.47 Å². The van der Waals surface area contributed by atoms with Gasteiger partial charge in [-0.2, -0.15) is 0 Å². The second kappa shape index (κ2) is 6.33. The van der Waals surface area contributed by atoms with Gasteiger partial charge in [-0.05, 0) is 38.1 Å². The van der Waals surface area contributed by atoms with E-state index >= 15 is 0 Å². The molecule has 1 unspecified atom stereocenters. The van der Waals surface area contributed by atoms with Gasteiger partial charge in [0.05, 0.1) is 6.61 Å². The number of ketones is 1. The van der Waals surface area contributed by atoms with Crippen molar-refractivity contribution in [3.63, 3.8) is 0 Å². The number of carbonyl (C=O) groups is 2. The van der Waals surface area contributed by atoms with Crippen molar-refractivity contribution < 1.29 is 24.2 Å². The molecule has 0 radical (unpaired) electrons. The lowest BCUT2D eigenvalue weighted by atomic mass is 10.0. The number of hydrogen-bond acceptors (Lipinski definition) is 4. The predicted molar refractivity (Wildman–Crippen MR) is 69.6 cm³/mol. The number of ether oxygens (including phenoxy) is 2. The fourth-order valence-corrected chi connectivity index (χ4v) is 1.52. The van der Waals surface area contributed by atoms with E-state index in [2.05, 4.69) is 0 Å². The lowest BCUT2D eigenvalue weighted by Crippen LogP contribution is -2.42. The van der Waals surface area contributed by atoms with Gasteiger partial charge >= 0.3 is 5.97 Å². The standard InChI is InChI=1S/C14H18O5/c1-10(15)11-4-6-12(7-5-11)19-14(2,13(16)17)8-9-18-3/h4-7H,8-9H2,1-3H3,(H,16,17). The number of carbonyl (C=O) groups excluding carboxylic acids is 1. The van der Waals surface area contributed by atoms with Crippen LogP contribution in [-0.2, 0) is 9.53 Å². The average molecular weight is 266 g/mol. The Kier molecular flexibility index (Phi) is 5.06. The number of carboxylic acid groups (broad SMARTS) is 1. The van der Waals surface area contributed by atoms with Crippen LogP contribution in [-0.4, -0.2) is 36.2 Å². The predicted octanol–water partition coefficient (Wildman–Crippen LogP) is 2.15. The van der Waals surface area contributed by atoms with E-state index in [9.17, 15) is 14.7 Å². The fourth-order valence-electron chi connectivity index (χ4n) is 1.52. The zero-order valence-corrected chi connectivity index (χ0v) is 11.3. The van der Waals surface area contributed by atoms with Crippen LogP contribution < -0.4 is 4.74 Å². The molecular weight excluding hydrogens is 248 g/mol. The van der Waals surface area contributed by atoms with Crippen molar-refractivity contribution >= 4 is 11.8 Å². The van der Waals surface area contributed by atoms with Crippen molar-refractivity contribution in [1.82, 2.24) is 0 Å². The molecule has 1 rings (SSSR count). The van der Waals surface area contributed by atoms with Gasteiger partial charge in [-0.3, -0.25) is 4.79 Å². The second-order valence-corrected chi connectivity index (χ2v) is 4.46. The molecule has 19 heavy (non-hydrogen) atoms. The van der Waals surface area contributed by atoms with E-state index in [0.29, 0.717) is 11.3 Å². The van der Waals surface area contributed by atoms with Crippen LogP contribution in [0.1, 0.15) is 30.6 Å². The Morgan fingerprint density at radius 2 is 1.84 bits per heavy atom. The number of carboxylic acids is 1. The number of rotatable bonds is 7. The van der Waals surface area contributed by atoms with Crippen molar-refractivity contribution in [2.24, 2.45) is 0 Å². The Hall–Kier alpha value is -1.88. The normalized spacial score (nSPS) is 13.6. The summed E-state index contributed by atoms with van der Waals surface area (Å²) >= 11 is 0. The molecule has 1 atom stereocenters. The maximum Gasteiger partial charge on any atom is 0.347 e. The highest BCUT2D eigenvalue weighted by atomic mass is 16.5. The molecule has 0 saturated heterocycles. The third kappa shape index (κ3) is 4.06. The molecule has 0 aliphatic rings. The summed E-state index contributed by atoms with van der Waals surface area (Å²) in [5.74, 6) is -0.696. The topological polar surface area (TPSA) is 72.8 Å². The Bertz CT molecular complexity index is 451. The minimum Gasteiger partial charge on any atom is -0.478 e. The third-order valence-corrected chi connectivity index (χ3v) is 2.84. The van der Waals surface area contributed by atoms with Crippen LogP contribution in [0, 0.1) is 0 Å². The Morgan fingerprint density at radius 1 is 1.26 bits per heavy atom. The van der Waals surface area contributed by atoms with Gasteiger partial charge in [-0.1, -0.05) is 0 Å². The van der Waals surface area contributed by atoms with Crippen LogP contribution in [0.4, 0.5) is 0 Å². The van der Waals surface area contributed by atoms with E-state index in [1.54, 1.807) is 24.3 Å². The molecule has 0 heterocycles. The molecule has 1 N–H and O–H groups in total. The van der Waals surface area contributed by atoms with Gasteiger partial charge in [-0.25, -0.2) is 4.79 Å². The molecule has 5 heteroatoms. The van der Waals surface area contributed by atoms with Gasteiger partial charge in [0, 0.05) is 19.1 Å². The molecule has 0 bridgehead atoms. The van der Waals surface area contributed by atoms with Crippen molar-refractivity contribution in [1.29, 1.82) is 0 Å². The Balaban J connectivity index is 2.84. The maximum atomic E-state index is 11.3. The summed E-state index contributed by atoms with van der Waals surface area (Å²) in [6, 6.07) is 6.39. The van der Waals surface area contributed by atoms with Crippen molar-refractivity contribution in [2.75, 3.05) is 13.7 Å². The highest BCUT2D eigenvalue weighted by molar-refractivity contribution is 5.94. The number of aliphatic carboxylic acids is 1. The van der Waals surface area contributed by atoms with Crippen LogP contribution in [0.25, 0.3) is 0 Å². The molecule has 104 valence electrons. The Morgan fingerprint density at radius 3 is 2.26 bits per heavy atom. The second-order valence-electron chi connectivity index (χ2n) is 4.46. The molecule has 0 amide bonds. The summed E-state index contributed by atoms with van der Waals surface area (Å²) in [6.45, 7) is 3.25. The zero-order valence-electron chi connectivity index (χ0n) is 11.3. The molecule has 0 aromatic heterocycles. The van der Waals surface area contributed by atoms with Crippen LogP contribution >= 0.6 is 0 Å². The minimum atomic E-state index is -1.35. The average Bonchev–Trinajstić information content (AvgIpc) is 2.36. The largest absolute Gasteiger partial charge is 0.478 e. The summed E-state index contributed by atoms with van der Waals surface area (Å²) in [5, 5.41) is 9.23. The van der Waals surface area contributed by atoms with Crippen LogP contribution in [0.5, 0.6) is 5.75 Å². The quantitative estimate of drug-likeness (QED) is 0.765. The monoisotopic (exact) mass is 266 g/mol. The van der Waals surface area contributed by atoms with Gasteiger partial charge in [0.15, 0.2) is 5.78 Å². The van der Waals surface area contributed by atoms with Crippen molar-refractivity contribution in [3.8, 4) is 5.75 Å². The van der Waals surface area contributed by atoms with E-state index in [-0.39, 0.29) is 18.8 Å². The summed E-state index contributed by atoms with van der Waals surface area (Å²) < 4.78 is 10.4. The lowest BCUT2D eigenvalue weighted by Gasteiger charge is -2.26. The highest BCUT2D eigenvalue weighted by Gasteiger charge is 2.35. The van der Waals surface area contributed by atoms with Crippen LogP contribution in [0.2, 0.25) is 0 Å². The summed E-state index contributed by atoms with van der Waals surface area (Å²) in [6.07, 6.45) is 0.229. The molecule has 0 saturated carbocycles. The first-order valence-corrected chi connectivity index (χ1v) is 5.91.